The van der Waals surface area contributed by atoms with Gasteiger partial charge in [0.25, 0.3) is 0 Å². The van der Waals surface area contributed by atoms with Crippen molar-refractivity contribution in [3.05, 3.63) is 35.4 Å². The molecule has 0 aliphatic heterocycles. The minimum absolute atomic E-state index is 0.162. The summed E-state index contributed by atoms with van der Waals surface area (Å²) in [6.07, 6.45) is 1.09. The maximum absolute atomic E-state index is 12.0. The fraction of sp³-hybridized carbons (Fsp3) is 0.538. The zero-order valence-corrected chi connectivity index (χ0v) is 14.1. The van der Waals surface area contributed by atoms with E-state index in [1.54, 1.807) is 18.2 Å². The summed E-state index contributed by atoms with van der Waals surface area (Å²) in [7, 11) is -6.96. The molecule has 3 N–H and O–H groups in total. The van der Waals surface area contributed by atoms with E-state index in [1.165, 1.54) is 13.8 Å². The number of sulfone groups is 1. The van der Waals surface area contributed by atoms with Crippen molar-refractivity contribution in [3.8, 4) is 0 Å². The molecule has 0 unspecified atom stereocenters. The van der Waals surface area contributed by atoms with Crippen LogP contribution in [0.3, 0.4) is 0 Å². The summed E-state index contributed by atoms with van der Waals surface area (Å²) in [5.41, 5.74) is 6.97. The van der Waals surface area contributed by atoms with Crippen LogP contribution in [-0.4, -0.2) is 34.4 Å². The van der Waals surface area contributed by atoms with Crippen LogP contribution in [-0.2, 0) is 32.2 Å². The van der Waals surface area contributed by atoms with Gasteiger partial charge < -0.3 is 5.73 Å². The molecule has 6 nitrogen and oxygen atoms in total. The lowest BCUT2D eigenvalue weighted by Crippen LogP contribution is -2.44. The molecule has 1 rings (SSSR count). The number of benzene rings is 1. The minimum atomic E-state index is -3.61. The maximum atomic E-state index is 12.0. The summed E-state index contributed by atoms with van der Waals surface area (Å²) >= 11 is 0. The Morgan fingerprint density at radius 1 is 1.14 bits per heavy atom. The lowest BCUT2D eigenvalue weighted by molar-refractivity contribution is 0.536. The van der Waals surface area contributed by atoms with Crippen molar-refractivity contribution in [3.63, 3.8) is 0 Å². The van der Waals surface area contributed by atoms with Crippen LogP contribution in [0, 0.1) is 0 Å². The molecule has 8 heteroatoms. The van der Waals surface area contributed by atoms with Gasteiger partial charge in [-0.25, -0.2) is 21.6 Å². The minimum Gasteiger partial charge on any atom is -0.326 e. The Hall–Kier alpha value is -0.960. The van der Waals surface area contributed by atoms with Gasteiger partial charge in [-0.15, -0.1) is 0 Å². The number of nitrogens with one attached hydrogen (secondary N) is 1. The van der Waals surface area contributed by atoms with Gasteiger partial charge in [0.2, 0.25) is 10.0 Å². The van der Waals surface area contributed by atoms with Gasteiger partial charge in [-0.2, -0.15) is 0 Å². The molecule has 0 atom stereocenters. The van der Waals surface area contributed by atoms with E-state index >= 15 is 0 Å². The van der Waals surface area contributed by atoms with Crippen LogP contribution in [0.4, 0.5) is 0 Å². The van der Waals surface area contributed by atoms with Gasteiger partial charge in [-0.05, 0) is 25.0 Å². The van der Waals surface area contributed by atoms with Gasteiger partial charge >= 0.3 is 0 Å². The van der Waals surface area contributed by atoms with Gasteiger partial charge in [0, 0.05) is 19.3 Å². The smallest absolute Gasteiger partial charge is 0.215 e. The molecule has 1 aromatic carbocycles. The Labute approximate surface area is 126 Å². The highest BCUT2D eigenvalue weighted by atomic mass is 32.2. The molecule has 0 bridgehead atoms. The van der Waals surface area contributed by atoms with Crippen LogP contribution in [0.25, 0.3) is 0 Å². The van der Waals surface area contributed by atoms with Gasteiger partial charge in [0.05, 0.1) is 10.5 Å². The molecule has 0 heterocycles. The first-order chi connectivity index (χ1) is 9.47. The van der Waals surface area contributed by atoms with Crippen molar-refractivity contribution in [1.82, 2.24) is 4.72 Å². The van der Waals surface area contributed by atoms with E-state index in [4.69, 9.17) is 5.73 Å². The second-order valence-corrected chi connectivity index (χ2v) is 10.1. The van der Waals surface area contributed by atoms with Crippen molar-refractivity contribution in [2.45, 2.75) is 30.9 Å². The van der Waals surface area contributed by atoms with Crippen LogP contribution in [0.15, 0.2) is 24.3 Å². The number of hydrogen-bond donors (Lipinski definition) is 2. The van der Waals surface area contributed by atoms with Crippen LogP contribution in [0.5, 0.6) is 0 Å². The van der Waals surface area contributed by atoms with E-state index in [1.807, 2.05) is 6.07 Å². The summed E-state index contributed by atoms with van der Waals surface area (Å²) in [6.45, 7) is 3.15. The fourth-order valence-electron chi connectivity index (χ4n) is 1.53. The first-order valence-corrected chi connectivity index (χ1v) is 9.96. The Balaban J connectivity index is 2.79. The molecule has 0 amide bonds. The predicted octanol–water partition coefficient (Wildman–Crippen LogP) is 0.388. The molecule has 0 aromatic heterocycles. The third kappa shape index (κ3) is 5.39. The van der Waals surface area contributed by atoms with Crippen LogP contribution in [0.1, 0.15) is 25.0 Å². The summed E-state index contributed by atoms with van der Waals surface area (Å²) in [4.78, 5) is 0. The molecule has 1 aromatic rings. The molecule has 0 saturated carbocycles. The van der Waals surface area contributed by atoms with E-state index in [-0.39, 0.29) is 12.3 Å². The number of nitrogens with two attached hydrogens (primary N) is 1. The first-order valence-electron chi connectivity index (χ1n) is 6.42. The van der Waals surface area contributed by atoms with E-state index in [9.17, 15) is 16.8 Å². The molecule has 0 saturated heterocycles. The number of hydrogen-bond acceptors (Lipinski definition) is 5. The van der Waals surface area contributed by atoms with Gasteiger partial charge in [-0.3, -0.25) is 0 Å². The largest absolute Gasteiger partial charge is 0.326 e. The summed E-state index contributed by atoms with van der Waals surface area (Å²) in [5.74, 6) is -0.208. The van der Waals surface area contributed by atoms with Crippen molar-refractivity contribution < 1.29 is 16.8 Å². The van der Waals surface area contributed by atoms with E-state index in [0.29, 0.717) is 12.1 Å². The van der Waals surface area contributed by atoms with Crippen molar-refractivity contribution in [2.75, 3.05) is 12.8 Å². The normalized spacial score (nSPS) is 13.3. The molecular formula is C13H22N2O4S2. The lowest BCUT2D eigenvalue weighted by atomic mass is 10.1. The second kappa shape index (κ2) is 6.43. The third-order valence-corrected chi connectivity index (χ3v) is 6.75. The molecule has 0 radical (unpaired) electrons. The molecule has 0 aliphatic rings. The SMILES string of the molecule is CC(C)(CNS(=O)(=O)Cc1cccc(CN)c1)S(C)(=O)=O. The monoisotopic (exact) mass is 334 g/mol. The number of sulfonamides is 1. The zero-order valence-electron chi connectivity index (χ0n) is 12.5. The van der Waals surface area contributed by atoms with E-state index in [2.05, 4.69) is 4.72 Å². The Morgan fingerprint density at radius 2 is 1.71 bits per heavy atom. The average Bonchev–Trinajstić information content (AvgIpc) is 2.35. The third-order valence-electron chi connectivity index (χ3n) is 3.31. The molecule has 21 heavy (non-hydrogen) atoms. The Kier molecular flexibility index (Phi) is 5.54. The second-order valence-electron chi connectivity index (χ2n) is 5.64. The highest BCUT2D eigenvalue weighted by Crippen LogP contribution is 2.15. The highest BCUT2D eigenvalue weighted by molar-refractivity contribution is 7.92. The van der Waals surface area contributed by atoms with Crippen LogP contribution in [0.2, 0.25) is 0 Å². The van der Waals surface area contributed by atoms with E-state index < -0.39 is 24.6 Å². The fourth-order valence-corrected chi connectivity index (χ4v) is 3.26. The Bertz CT molecular complexity index is 695. The number of rotatable bonds is 7. The van der Waals surface area contributed by atoms with Gasteiger partial charge in [0.1, 0.15) is 0 Å². The molecule has 0 aliphatic carbocycles. The average molecular weight is 334 g/mol. The molecule has 0 spiro atoms. The summed E-state index contributed by atoms with van der Waals surface area (Å²) in [6, 6.07) is 6.98. The standard InChI is InChI=1S/C13H22N2O4S2/c1-13(2,20(3,16)17)10-15-21(18,19)9-12-6-4-5-11(7-12)8-14/h4-7,15H,8-10,14H2,1-3H3. The topological polar surface area (TPSA) is 106 Å². The highest BCUT2D eigenvalue weighted by Gasteiger charge is 2.31. The molecule has 120 valence electrons. The van der Waals surface area contributed by atoms with Crippen molar-refractivity contribution in [2.24, 2.45) is 5.73 Å². The first kappa shape index (κ1) is 18.1. The van der Waals surface area contributed by atoms with Gasteiger partial charge in [-0.1, -0.05) is 24.3 Å². The molecular weight excluding hydrogens is 312 g/mol. The van der Waals surface area contributed by atoms with E-state index in [0.717, 1.165) is 11.8 Å². The summed E-state index contributed by atoms with van der Waals surface area (Å²) < 4.78 is 48.4. The predicted molar refractivity (Wildman–Crippen MR) is 83.9 cm³/mol. The zero-order chi connectivity index (χ0) is 16.3. The lowest BCUT2D eigenvalue weighted by Gasteiger charge is -2.22. The van der Waals surface area contributed by atoms with Crippen LogP contribution >= 0.6 is 0 Å². The van der Waals surface area contributed by atoms with Crippen molar-refractivity contribution >= 4 is 19.9 Å². The maximum Gasteiger partial charge on any atom is 0.215 e. The Morgan fingerprint density at radius 3 is 2.24 bits per heavy atom. The van der Waals surface area contributed by atoms with Gasteiger partial charge in [0.15, 0.2) is 9.84 Å². The summed E-state index contributed by atoms with van der Waals surface area (Å²) in [5, 5.41) is 0. The van der Waals surface area contributed by atoms with Crippen molar-refractivity contribution in [1.29, 1.82) is 0 Å². The van der Waals surface area contributed by atoms with Crippen LogP contribution < -0.4 is 10.5 Å². The quantitative estimate of drug-likeness (QED) is 0.750. The molecule has 0 fully saturated rings.